The van der Waals surface area contributed by atoms with Crippen molar-refractivity contribution in [2.75, 3.05) is 6.61 Å². The van der Waals surface area contributed by atoms with Crippen molar-refractivity contribution >= 4 is 16.0 Å². The summed E-state index contributed by atoms with van der Waals surface area (Å²) in [4.78, 5) is 12.6. The Labute approximate surface area is 186 Å². The Bertz CT molecular complexity index is 867. The maximum Gasteiger partial charge on any atom is 0.313 e. The van der Waals surface area contributed by atoms with Crippen LogP contribution in [0.5, 0.6) is 0 Å². The fourth-order valence-electron chi connectivity index (χ4n) is 4.65. The van der Waals surface area contributed by atoms with Gasteiger partial charge in [-0.05, 0) is 49.7 Å². The molecule has 1 heterocycles. The molecule has 7 heteroatoms. The van der Waals surface area contributed by atoms with E-state index in [9.17, 15) is 13.2 Å². The van der Waals surface area contributed by atoms with Crippen LogP contribution in [0.2, 0.25) is 0 Å². The lowest BCUT2D eigenvalue weighted by Crippen LogP contribution is -2.47. The highest BCUT2D eigenvalue weighted by molar-refractivity contribution is 7.89. The monoisotopic (exact) mass is 449 g/mol. The lowest BCUT2D eigenvalue weighted by atomic mass is 9.75. The lowest BCUT2D eigenvalue weighted by molar-refractivity contribution is -0.153. The molecule has 0 bridgehead atoms. The van der Waals surface area contributed by atoms with Gasteiger partial charge in [-0.2, -0.15) is 0 Å². The zero-order valence-electron chi connectivity index (χ0n) is 18.9. The van der Waals surface area contributed by atoms with Crippen molar-refractivity contribution in [1.29, 1.82) is 0 Å². The normalized spacial score (nSPS) is 29.2. The van der Waals surface area contributed by atoms with Gasteiger partial charge in [0.2, 0.25) is 0 Å². The molecule has 1 aromatic rings. The van der Waals surface area contributed by atoms with Gasteiger partial charge in [0, 0.05) is 12.6 Å². The van der Waals surface area contributed by atoms with E-state index in [1.165, 1.54) is 10.5 Å². The molecule has 5 atom stereocenters. The molecule has 1 aromatic carbocycles. The van der Waals surface area contributed by atoms with E-state index in [1.54, 1.807) is 43.3 Å². The second kappa shape index (κ2) is 10.2. The Morgan fingerprint density at radius 3 is 2.52 bits per heavy atom. The molecule has 1 fully saturated rings. The van der Waals surface area contributed by atoms with Crippen LogP contribution < -0.4 is 0 Å². The number of ether oxygens (including phenoxy) is 2. The number of hydrogen-bond donors (Lipinski definition) is 0. The van der Waals surface area contributed by atoms with Gasteiger partial charge in [0.25, 0.3) is 10.0 Å². The zero-order valence-corrected chi connectivity index (χ0v) is 19.8. The molecular formula is C24H35NO5S. The maximum absolute atomic E-state index is 13.4. The van der Waals surface area contributed by atoms with Gasteiger partial charge in [-0.3, -0.25) is 4.79 Å². The third-order valence-corrected chi connectivity index (χ3v) is 8.19. The van der Waals surface area contributed by atoms with Gasteiger partial charge < -0.3 is 9.47 Å². The lowest BCUT2D eigenvalue weighted by Gasteiger charge is -2.42. The average molecular weight is 450 g/mol. The Balaban J connectivity index is 1.91. The molecule has 31 heavy (non-hydrogen) atoms. The highest BCUT2D eigenvalue weighted by atomic mass is 32.2. The van der Waals surface area contributed by atoms with E-state index in [0.717, 1.165) is 19.3 Å². The second-order valence-electron chi connectivity index (χ2n) is 9.04. The Morgan fingerprint density at radius 1 is 1.16 bits per heavy atom. The largest absolute Gasteiger partial charge is 0.466 e. The first-order chi connectivity index (χ1) is 14.7. The van der Waals surface area contributed by atoms with E-state index in [2.05, 4.69) is 20.8 Å². The van der Waals surface area contributed by atoms with Gasteiger partial charge in [0.05, 0.1) is 23.5 Å². The van der Waals surface area contributed by atoms with Gasteiger partial charge >= 0.3 is 5.97 Å². The van der Waals surface area contributed by atoms with Gasteiger partial charge in [-0.25, -0.2) is 12.7 Å². The van der Waals surface area contributed by atoms with Crippen molar-refractivity contribution in [2.45, 2.75) is 70.6 Å². The summed E-state index contributed by atoms with van der Waals surface area (Å²) in [5, 5.41) is 0. The summed E-state index contributed by atoms with van der Waals surface area (Å²) in [5.74, 6) is 0.465. The zero-order chi connectivity index (χ0) is 22.6. The number of benzene rings is 1. The fraction of sp³-hybridized carbons (Fsp3) is 0.625. The van der Waals surface area contributed by atoms with Crippen LogP contribution in [0.1, 0.15) is 53.4 Å². The molecule has 0 spiro atoms. The third kappa shape index (κ3) is 5.50. The minimum atomic E-state index is -3.81. The van der Waals surface area contributed by atoms with E-state index in [1.807, 2.05) is 0 Å². The molecule has 0 aromatic heterocycles. The van der Waals surface area contributed by atoms with Crippen LogP contribution in [0.3, 0.4) is 0 Å². The molecule has 3 rings (SSSR count). The number of esters is 1. The minimum absolute atomic E-state index is 0.0448. The second-order valence-corrected chi connectivity index (χ2v) is 10.9. The SMILES string of the molecule is CCOC(=O)C1C=CN(S(=O)(=O)c2ccccc2)C(O[C@@H]2C[C@H](C)CC[C@H]2C(C)C)C1. The first-order valence-electron chi connectivity index (χ1n) is 11.3. The molecule has 0 saturated heterocycles. The fourth-order valence-corrected chi connectivity index (χ4v) is 6.07. The van der Waals surface area contributed by atoms with Crippen LogP contribution in [0.15, 0.2) is 47.5 Å². The van der Waals surface area contributed by atoms with Gasteiger partial charge in [-0.1, -0.05) is 51.5 Å². The van der Waals surface area contributed by atoms with Crippen molar-refractivity contribution in [1.82, 2.24) is 4.31 Å². The molecule has 2 aliphatic rings. The number of nitrogens with zero attached hydrogens (tertiary/aromatic N) is 1. The molecule has 2 unspecified atom stereocenters. The molecule has 0 N–H and O–H groups in total. The topological polar surface area (TPSA) is 72.9 Å². The molecule has 0 radical (unpaired) electrons. The van der Waals surface area contributed by atoms with Crippen molar-refractivity contribution in [3.63, 3.8) is 0 Å². The van der Waals surface area contributed by atoms with Gasteiger partial charge in [-0.15, -0.1) is 0 Å². The van der Waals surface area contributed by atoms with Crippen molar-refractivity contribution in [3.05, 3.63) is 42.6 Å². The molecule has 1 saturated carbocycles. The predicted molar refractivity (Wildman–Crippen MR) is 119 cm³/mol. The Kier molecular flexibility index (Phi) is 7.81. The first kappa shape index (κ1) is 23.8. The number of sulfonamides is 1. The van der Waals surface area contributed by atoms with E-state index in [-0.39, 0.29) is 30.0 Å². The van der Waals surface area contributed by atoms with Crippen LogP contribution in [-0.2, 0) is 24.3 Å². The van der Waals surface area contributed by atoms with Crippen LogP contribution in [0.4, 0.5) is 0 Å². The average Bonchev–Trinajstić information content (AvgIpc) is 2.74. The number of carbonyl (C=O) groups is 1. The predicted octanol–water partition coefficient (Wildman–Crippen LogP) is 4.58. The summed E-state index contributed by atoms with van der Waals surface area (Å²) >= 11 is 0. The molecule has 1 aliphatic carbocycles. The van der Waals surface area contributed by atoms with E-state index in [4.69, 9.17) is 9.47 Å². The van der Waals surface area contributed by atoms with Gasteiger partial charge in [0.15, 0.2) is 0 Å². The van der Waals surface area contributed by atoms with Crippen LogP contribution in [-0.4, -0.2) is 37.6 Å². The van der Waals surface area contributed by atoms with Crippen LogP contribution in [0, 0.1) is 23.7 Å². The molecule has 172 valence electrons. The number of rotatable bonds is 7. The quantitative estimate of drug-likeness (QED) is 0.570. The standard InChI is InChI=1S/C24H35NO5S/c1-5-29-24(26)19-13-14-25(31(27,28)20-9-7-6-8-10-20)23(16-19)30-22-15-18(4)11-12-21(22)17(2)3/h6-10,13-14,17-19,21-23H,5,11-12,15-16H2,1-4H3/t18-,19?,21+,22-,23?/m1/s1. The number of hydrogen-bond acceptors (Lipinski definition) is 5. The smallest absolute Gasteiger partial charge is 0.313 e. The summed E-state index contributed by atoms with van der Waals surface area (Å²) in [6.07, 6.45) is 5.67. The van der Waals surface area contributed by atoms with Gasteiger partial charge in [0.1, 0.15) is 6.23 Å². The highest BCUT2D eigenvalue weighted by Crippen LogP contribution is 2.38. The molecule has 1 aliphatic heterocycles. The number of carbonyl (C=O) groups excluding carboxylic acids is 1. The van der Waals surface area contributed by atoms with Crippen LogP contribution in [0.25, 0.3) is 0 Å². The molecular weight excluding hydrogens is 414 g/mol. The third-order valence-electron chi connectivity index (χ3n) is 6.41. The molecule has 6 nitrogen and oxygen atoms in total. The maximum atomic E-state index is 13.4. The summed E-state index contributed by atoms with van der Waals surface area (Å²) in [5.41, 5.74) is 0. The Morgan fingerprint density at radius 2 is 1.87 bits per heavy atom. The summed E-state index contributed by atoms with van der Waals surface area (Å²) in [6.45, 7) is 8.65. The Hall–Kier alpha value is -1.86. The van der Waals surface area contributed by atoms with Crippen LogP contribution >= 0.6 is 0 Å². The van der Waals surface area contributed by atoms with Crippen molar-refractivity contribution in [2.24, 2.45) is 23.7 Å². The van der Waals surface area contributed by atoms with Crippen molar-refractivity contribution < 1.29 is 22.7 Å². The first-order valence-corrected chi connectivity index (χ1v) is 12.8. The van der Waals surface area contributed by atoms with E-state index >= 15 is 0 Å². The highest BCUT2D eigenvalue weighted by Gasteiger charge is 2.40. The summed E-state index contributed by atoms with van der Waals surface area (Å²) in [7, 11) is -3.81. The van der Waals surface area contributed by atoms with E-state index in [0.29, 0.717) is 17.8 Å². The summed E-state index contributed by atoms with van der Waals surface area (Å²) in [6, 6.07) is 8.35. The minimum Gasteiger partial charge on any atom is -0.466 e. The molecule has 0 amide bonds. The van der Waals surface area contributed by atoms with Crippen molar-refractivity contribution in [3.8, 4) is 0 Å². The van der Waals surface area contributed by atoms with E-state index < -0.39 is 22.2 Å². The summed E-state index contributed by atoms with van der Waals surface area (Å²) < 4.78 is 39.8.